The van der Waals surface area contributed by atoms with Gasteiger partial charge in [-0.3, -0.25) is 9.36 Å². The Kier molecular flexibility index (Phi) is 3.42. The average molecular weight is 347 g/mol. The highest BCUT2D eigenvalue weighted by Crippen LogP contribution is 2.25. The van der Waals surface area contributed by atoms with Crippen molar-refractivity contribution >= 4 is 44.4 Å². The highest BCUT2D eigenvalue weighted by atomic mass is 32.2. The molecule has 0 amide bonds. The van der Waals surface area contributed by atoms with Crippen molar-refractivity contribution in [2.75, 3.05) is 0 Å². The van der Waals surface area contributed by atoms with Crippen LogP contribution in [0.2, 0.25) is 0 Å². The maximum absolute atomic E-state index is 13.2. The molecule has 0 aliphatic carbocycles. The van der Waals surface area contributed by atoms with Crippen molar-refractivity contribution in [1.29, 1.82) is 0 Å². The number of aromatic nitrogens is 3. The molecule has 0 radical (unpaired) electrons. The molecule has 0 saturated carbocycles. The van der Waals surface area contributed by atoms with Gasteiger partial charge < -0.3 is 4.42 Å². The molecule has 0 saturated heterocycles. The summed E-state index contributed by atoms with van der Waals surface area (Å²) >= 11 is 2.79. The Balaban J connectivity index is 1.65. The van der Waals surface area contributed by atoms with Crippen molar-refractivity contribution in [2.24, 2.45) is 7.05 Å². The summed E-state index contributed by atoms with van der Waals surface area (Å²) in [5.74, 6) is 0.529. The standard InChI is InChI=1S/C15H10FN3O2S2/c1-19-14(20)9-4-5-22-13(9)18-15(19)23-7-12-17-10-6-8(16)2-3-11(10)21-12/h2-6H,7H2,1H3. The lowest BCUT2D eigenvalue weighted by Crippen LogP contribution is -2.19. The molecule has 0 unspecified atom stereocenters. The quantitative estimate of drug-likeness (QED) is 0.419. The van der Waals surface area contributed by atoms with Crippen molar-refractivity contribution < 1.29 is 8.81 Å². The topological polar surface area (TPSA) is 60.9 Å². The number of hydrogen-bond donors (Lipinski definition) is 0. The van der Waals surface area contributed by atoms with E-state index in [1.165, 1.54) is 39.8 Å². The smallest absolute Gasteiger partial charge is 0.262 e. The maximum atomic E-state index is 13.2. The highest BCUT2D eigenvalue weighted by Gasteiger charge is 2.12. The Hall–Kier alpha value is -2.19. The van der Waals surface area contributed by atoms with Crippen LogP contribution in [0.3, 0.4) is 0 Å². The van der Waals surface area contributed by atoms with Gasteiger partial charge in [-0.1, -0.05) is 11.8 Å². The molecule has 0 atom stereocenters. The number of hydrogen-bond acceptors (Lipinski definition) is 6. The molecule has 0 fully saturated rings. The van der Waals surface area contributed by atoms with Crippen molar-refractivity contribution in [2.45, 2.75) is 10.9 Å². The summed E-state index contributed by atoms with van der Waals surface area (Å²) in [4.78, 5) is 21.7. The molecule has 5 nitrogen and oxygen atoms in total. The van der Waals surface area contributed by atoms with Crippen LogP contribution in [0.4, 0.5) is 4.39 Å². The lowest BCUT2D eigenvalue weighted by atomic mass is 10.3. The predicted molar refractivity (Wildman–Crippen MR) is 88.4 cm³/mol. The van der Waals surface area contributed by atoms with Gasteiger partial charge >= 0.3 is 0 Å². The number of rotatable bonds is 3. The fourth-order valence-electron chi connectivity index (χ4n) is 2.25. The number of thiophene rings is 1. The lowest BCUT2D eigenvalue weighted by molar-refractivity contribution is 0.555. The first-order valence-corrected chi connectivity index (χ1v) is 8.60. The normalized spacial score (nSPS) is 11.6. The van der Waals surface area contributed by atoms with Crippen LogP contribution in [0.15, 0.2) is 44.0 Å². The molecule has 8 heteroatoms. The molecule has 4 rings (SSSR count). The summed E-state index contributed by atoms with van der Waals surface area (Å²) in [7, 11) is 1.69. The molecule has 0 spiro atoms. The van der Waals surface area contributed by atoms with E-state index < -0.39 is 0 Å². The summed E-state index contributed by atoms with van der Waals surface area (Å²) in [6, 6.07) is 6.00. The second-order valence-corrected chi connectivity index (χ2v) is 6.74. The molecule has 23 heavy (non-hydrogen) atoms. The highest BCUT2D eigenvalue weighted by molar-refractivity contribution is 7.98. The number of nitrogens with zero attached hydrogens (tertiary/aromatic N) is 3. The predicted octanol–water partition coefficient (Wildman–Crippen LogP) is 3.57. The summed E-state index contributed by atoms with van der Waals surface area (Å²) in [5.41, 5.74) is 0.951. The van der Waals surface area contributed by atoms with E-state index in [1.807, 2.05) is 5.38 Å². The maximum Gasteiger partial charge on any atom is 0.262 e. The van der Waals surface area contributed by atoms with Gasteiger partial charge in [-0.15, -0.1) is 11.3 Å². The average Bonchev–Trinajstić information content (AvgIpc) is 3.15. The molecule has 116 valence electrons. The summed E-state index contributed by atoms with van der Waals surface area (Å²) in [6.45, 7) is 0. The van der Waals surface area contributed by atoms with Crippen LogP contribution in [0, 0.1) is 5.82 Å². The molecule has 3 heterocycles. The molecule has 0 N–H and O–H groups in total. The first-order valence-electron chi connectivity index (χ1n) is 6.74. The van der Waals surface area contributed by atoms with E-state index in [9.17, 15) is 9.18 Å². The fourth-order valence-corrected chi connectivity index (χ4v) is 3.87. The summed E-state index contributed by atoms with van der Waals surface area (Å²) in [6.07, 6.45) is 0. The van der Waals surface area contributed by atoms with Crippen LogP contribution in [0.5, 0.6) is 0 Å². The van der Waals surface area contributed by atoms with Gasteiger partial charge in [0.05, 0.1) is 11.1 Å². The Labute approximate surface area is 137 Å². The van der Waals surface area contributed by atoms with E-state index in [1.54, 1.807) is 19.2 Å². The third kappa shape index (κ3) is 2.53. The largest absolute Gasteiger partial charge is 0.440 e. The van der Waals surface area contributed by atoms with E-state index in [0.717, 1.165) is 4.83 Å². The molecular formula is C15H10FN3O2S2. The van der Waals surface area contributed by atoms with Crippen molar-refractivity contribution in [3.05, 3.63) is 51.7 Å². The Bertz CT molecular complexity index is 1080. The molecular weight excluding hydrogens is 337 g/mol. The summed E-state index contributed by atoms with van der Waals surface area (Å²) in [5, 5.41) is 3.07. The number of halogens is 1. The van der Waals surface area contributed by atoms with Crippen molar-refractivity contribution in [3.8, 4) is 0 Å². The second-order valence-electron chi connectivity index (χ2n) is 4.91. The van der Waals surface area contributed by atoms with E-state index in [2.05, 4.69) is 9.97 Å². The SMILES string of the molecule is Cn1c(SCc2nc3cc(F)ccc3o2)nc2sccc2c1=O. The zero-order valence-corrected chi connectivity index (χ0v) is 13.6. The minimum atomic E-state index is -0.350. The zero-order valence-electron chi connectivity index (χ0n) is 11.9. The monoisotopic (exact) mass is 347 g/mol. The first-order chi connectivity index (χ1) is 11.1. The van der Waals surface area contributed by atoms with E-state index in [0.29, 0.717) is 33.3 Å². The summed E-state index contributed by atoms with van der Waals surface area (Å²) < 4.78 is 20.3. The van der Waals surface area contributed by atoms with Crippen LogP contribution < -0.4 is 5.56 Å². The van der Waals surface area contributed by atoms with Crippen LogP contribution in [0.1, 0.15) is 5.89 Å². The molecule has 3 aromatic heterocycles. The van der Waals surface area contributed by atoms with Crippen LogP contribution in [0.25, 0.3) is 21.3 Å². The minimum absolute atomic E-state index is 0.0709. The van der Waals surface area contributed by atoms with E-state index in [4.69, 9.17) is 4.42 Å². The van der Waals surface area contributed by atoms with Gasteiger partial charge in [0.1, 0.15) is 16.2 Å². The van der Waals surface area contributed by atoms with Crippen LogP contribution in [-0.2, 0) is 12.8 Å². The number of oxazole rings is 1. The zero-order chi connectivity index (χ0) is 16.0. The fraction of sp³-hybridized carbons (Fsp3) is 0.133. The van der Waals surface area contributed by atoms with Gasteiger partial charge in [0, 0.05) is 13.1 Å². The van der Waals surface area contributed by atoms with Gasteiger partial charge in [-0.05, 0) is 23.6 Å². The van der Waals surface area contributed by atoms with Gasteiger partial charge in [0.25, 0.3) is 5.56 Å². The van der Waals surface area contributed by atoms with Gasteiger partial charge in [-0.2, -0.15) is 0 Å². The number of thioether (sulfide) groups is 1. The Morgan fingerprint density at radius 1 is 1.35 bits per heavy atom. The lowest BCUT2D eigenvalue weighted by Gasteiger charge is -2.05. The molecule has 0 aliphatic rings. The second kappa shape index (κ2) is 5.47. The van der Waals surface area contributed by atoms with Gasteiger partial charge in [-0.25, -0.2) is 14.4 Å². The van der Waals surface area contributed by atoms with Crippen molar-refractivity contribution in [3.63, 3.8) is 0 Å². The minimum Gasteiger partial charge on any atom is -0.440 e. The Morgan fingerprint density at radius 2 is 2.22 bits per heavy atom. The van der Waals surface area contributed by atoms with Crippen LogP contribution >= 0.6 is 23.1 Å². The molecule has 0 bridgehead atoms. The number of fused-ring (bicyclic) bond motifs is 2. The van der Waals surface area contributed by atoms with E-state index >= 15 is 0 Å². The van der Waals surface area contributed by atoms with E-state index in [-0.39, 0.29) is 11.4 Å². The van der Waals surface area contributed by atoms with Crippen LogP contribution in [-0.4, -0.2) is 14.5 Å². The Morgan fingerprint density at radius 3 is 3.09 bits per heavy atom. The molecule has 0 aliphatic heterocycles. The first kappa shape index (κ1) is 14.4. The van der Waals surface area contributed by atoms with Gasteiger partial charge in [0.2, 0.25) is 5.89 Å². The molecule has 4 aromatic rings. The number of benzene rings is 1. The third-order valence-corrected chi connectivity index (χ3v) is 5.20. The van der Waals surface area contributed by atoms with Gasteiger partial charge in [0.15, 0.2) is 10.7 Å². The third-order valence-electron chi connectivity index (χ3n) is 3.38. The van der Waals surface area contributed by atoms with Crippen molar-refractivity contribution in [1.82, 2.24) is 14.5 Å². The molecule has 1 aromatic carbocycles.